The predicted octanol–water partition coefficient (Wildman–Crippen LogP) is 5.40. The maximum Gasteiger partial charge on any atom is 0.239 e. The molecule has 0 aliphatic heterocycles. The first-order chi connectivity index (χ1) is 14.5. The fourth-order valence-corrected chi connectivity index (χ4v) is 3.82. The third kappa shape index (κ3) is 4.25. The molecule has 30 heavy (non-hydrogen) atoms. The van der Waals surface area contributed by atoms with Crippen molar-refractivity contribution in [1.82, 2.24) is 24.9 Å². The van der Waals surface area contributed by atoms with E-state index >= 15 is 0 Å². The highest BCUT2D eigenvalue weighted by Gasteiger charge is 2.22. The van der Waals surface area contributed by atoms with Gasteiger partial charge in [0, 0.05) is 17.7 Å². The zero-order chi connectivity index (χ0) is 21.1. The molecule has 0 amide bonds. The quantitative estimate of drug-likeness (QED) is 0.368. The van der Waals surface area contributed by atoms with E-state index in [9.17, 15) is 8.78 Å². The number of hydrogen-bond acceptors (Lipinski definition) is 6. The minimum absolute atomic E-state index is 0.174. The molecule has 0 N–H and O–H groups in total. The molecule has 0 bridgehead atoms. The van der Waals surface area contributed by atoms with Gasteiger partial charge in [-0.1, -0.05) is 23.8 Å². The topological polar surface area (TPSA) is 69.6 Å². The fourth-order valence-electron chi connectivity index (χ4n) is 2.92. The second kappa shape index (κ2) is 8.74. The lowest BCUT2D eigenvalue weighted by Gasteiger charge is -2.12. The molecule has 6 nitrogen and oxygen atoms in total. The molecule has 1 atom stereocenters. The molecule has 0 saturated heterocycles. The maximum absolute atomic E-state index is 13.5. The third-order valence-corrected chi connectivity index (χ3v) is 5.44. The SMILES string of the molecule is CCCc1noc([C@H](C)Sc2nnc(-c3ccc(F)cc3)n2-c2ccc(F)cc2)n1. The number of aromatic nitrogens is 5. The van der Waals surface area contributed by atoms with Crippen LogP contribution in [0, 0.1) is 11.6 Å². The van der Waals surface area contributed by atoms with E-state index in [1.54, 1.807) is 28.8 Å². The maximum atomic E-state index is 13.5. The zero-order valence-electron chi connectivity index (χ0n) is 16.4. The highest BCUT2D eigenvalue weighted by molar-refractivity contribution is 7.99. The van der Waals surface area contributed by atoms with E-state index in [1.807, 2.05) is 6.92 Å². The van der Waals surface area contributed by atoms with Crippen molar-refractivity contribution >= 4 is 11.8 Å². The van der Waals surface area contributed by atoms with Crippen LogP contribution in [0.25, 0.3) is 17.1 Å². The number of benzene rings is 2. The molecule has 0 fully saturated rings. The molecule has 4 aromatic rings. The van der Waals surface area contributed by atoms with E-state index in [-0.39, 0.29) is 16.9 Å². The first-order valence-electron chi connectivity index (χ1n) is 9.51. The second-order valence-corrected chi connectivity index (χ2v) is 7.99. The van der Waals surface area contributed by atoms with Crippen LogP contribution in [-0.4, -0.2) is 24.9 Å². The van der Waals surface area contributed by atoms with Gasteiger partial charge in [-0.05, 0) is 61.9 Å². The predicted molar refractivity (Wildman–Crippen MR) is 109 cm³/mol. The van der Waals surface area contributed by atoms with Crippen molar-refractivity contribution in [2.75, 3.05) is 0 Å². The third-order valence-electron chi connectivity index (χ3n) is 4.41. The Morgan fingerprint density at radius 2 is 1.67 bits per heavy atom. The summed E-state index contributed by atoms with van der Waals surface area (Å²) in [5.74, 6) is 1.02. The van der Waals surface area contributed by atoms with Crippen LogP contribution in [0.2, 0.25) is 0 Å². The number of halogens is 2. The smallest absolute Gasteiger partial charge is 0.239 e. The van der Waals surface area contributed by atoms with Crippen LogP contribution in [0.15, 0.2) is 58.2 Å². The molecule has 2 aromatic carbocycles. The summed E-state index contributed by atoms with van der Waals surface area (Å²) in [6.07, 6.45) is 1.68. The first-order valence-corrected chi connectivity index (χ1v) is 10.4. The Morgan fingerprint density at radius 3 is 2.33 bits per heavy atom. The summed E-state index contributed by atoms with van der Waals surface area (Å²) in [6.45, 7) is 3.99. The fraction of sp³-hybridized carbons (Fsp3) is 0.238. The zero-order valence-corrected chi connectivity index (χ0v) is 17.2. The van der Waals surface area contributed by atoms with Crippen molar-refractivity contribution in [2.24, 2.45) is 0 Å². The second-order valence-electron chi connectivity index (χ2n) is 6.68. The molecule has 0 saturated carbocycles. The van der Waals surface area contributed by atoms with Gasteiger partial charge in [0.15, 0.2) is 16.8 Å². The van der Waals surface area contributed by atoms with E-state index in [1.165, 1.54) is 36.0 Å². The van der Waals surface area contributed by atoms with Crippen molar-refractivity contribution in [2.45, 2.75) is 37.1 Å². The van der Waals surface area contributed by atoms with Gasteiger partial charge in [0.2, 0.25) is 5.89 Å². The lowest BCUT2D eigenvalue weighted by Crippen LogP contribution is -2.01. The Kier molecular flexibility index (Phi) is 5.89. The number of thioether (sulfide) groups is 1. The highest BCUT2D eigenvalue weighted by Crippen LogP contribution is 2.36. The normalized spacial score (nSPS) is 12.3. The molecule has 0 aliphatic carbocycles. The van der Waals surface area contributed by atoms with Gasteiger partial charge in [0.05, 0.1) is 5.25 Å². The molecule has 2 aromatic heterocycles. The van der Waals surface area contributed by atoms with Gasteiger partial charge in [-0.15, -0.1) is 10.2 Å². The Labute approximate surface area is 176 Å². The van der Waals surface area contributed by atoms with E-state index in [2.05, 4.69) is 27.3 Å². The molecular formula is C21H19F2N5OS. The van der Waals surface area contributed by atoms with Gasteiger partial charge in [0.25, 0.3) is 0 Å². The number of nitrogens with zero attached hydrogens (tertiary/aromatic N) is 5. The first kappa shape index (κ1) is 20.2. The molecule has 0 spiro atoms. The molecule has 154 valence electrons. The van der Waals surface area contributed by atoms with E-state index < -0.39 is 0 Å². The summed E-state index contributed by atoms with van der Waals surface area (Å²) in [5, 5.41) is 13.0. The Hall–Kier alpha value is -3.07. The summed E-state index contributed by atoms with van der Waals surface area (Å²) >= 11 is 1.40. The van der Waals surface area contributed by atoms with Crippen molar-refractivity contribution < 1.29 is 13.3 Å². The van der Waals surface area contributed by atoms with Gasteiger partial charge in [0.1, 0.15) is 11.6 Å². The summed E-state index contributed by atoms with van der Waals surface area (Å²) < 4.78 is 34.0. The average Bonchev–Trinajstić information content (AvgIpc) is 3.37. The lowest BCUT2D eigenvalue weighted by molar-refractivity contribution is 0.374. The van der Waals surface area contributed by atoms with Gasteiger partial charge >= 0.3 is 0 Å². The monoisotopic (exact) mass is 427 g/mol. The Morgan fingerprint density at radius 1 is 1.00 bits per heavy atom. The van der Waals surface area contributed by atoms with Gasteiger partial charge < -0.3 is 4.52 Å². The van der Waals surface area contributed by atoms with Crippen molar-refractivity contribution in [3.8, 4) is 17.1 Å². The Bertz CT molecular complexity index is 1130. The molecule has 0 unspecified atom stereocenters. The van der Waals surface area contributed by atoms with Crippen LogP contribution < -0.4 is 0 Å². The lowest BCUT2D eigenvalue weighted by atomic mass is 10.2. The van der Waals surface area contributed by atoms with E-state index in [0.717, 1.165) is 12.8 Å². The molecule has 0 radical (unpaired) electrons. The van der Waals surface area contributed by atoms with Crippen LogP contribution >= 0.6 is 11.8 Å². The molecular weight excluding hydrogens is 408 g/mol. The number of hydrogen-bond donors (Lipinski definition) is 0. The number of aryl methyl sites for hydroxylation is 1. The Balaban J connectivity index is 1.71. The van der Waals surface area contributed by atoms with Crippen molar-refractivity contribution in [3.63, 3.8) is 0 Å². The summed E-state index contributed by atoms with van der Waals surface area (Å²) in [4.78, 5) is 4.44. The average molecular weight is 427 g/mol. The van der Waals surface area contributed by atoms with Crippen molar-refractivity contribution in [3.05, 3.63) is 71.9 Å². The number of rotatable bonds is 7. The van der Waals surface area contributed by atoms with Gasteiger partial charge in [-0.3, -0.25) is 4.57 Å². The largest absolute Gasteiger partial charge is 0.338 e. The minimum atomic E-state index is -0.341. The van der Waals surface area contributed by atoms with Crippen LogP contribution in [0.3, 0.4) is 0 Å². The summed E-state index contributed by atoms with van der Waals surface area (Å²) in [7, 11) is 0. The van der Waals surface area contributed by atoms with Crippen molar-refractivity contribution in [1.29, 1.82) is 0 Å². The summed E-state index contributed by atoms with van der Waals surface area (Å²) in [6, 6.07) is 12.0. The van der Waals surface area contributed by atoms with E-state index in [0.29, 0.717) is 33.9 Å². The minimum Gasteiger partial charge on any atom is -0.338 e. The van der Waals surface area contributed by atoms with Crippen LogP contribution in [0.4, 0.5) is 8.78 Å². The van der Waals surface area contributed by atoms with E-state index in [4.69, 9.17) is 4.52 Å². The molecule has 0 aliphatic rings. The molecule has 9 heteroatoms. The summed E-state index contributed by atoms with van der Waals surface area (Å²) in [5.41, 5.74) is 1.38. The van der Waals surface area contributed by atoms with Gasteiger partial charge in [-0.25, -0.2) is 8.78 Å². The molecule has 4 rings (SSSR count). The highest BCUT2D eigenvalue weighted by atomic mass is 32.2. The van der Waals surface area contributed by atoms with Gasteiger partial charge in [-0.2, -0.15) is 4.98 Å². The van der Waals surface area contributed by atoms with Crippen LogP contribution in [-0.2, 0) is 6.42 Å². The standard InChI is InChI=1S/C21H19F2N5OS/c1-3-4-18-24-20(29-27-18)13(2)30-21-26-25-19(14-5-7-15(22)8-6-14)28(21)17-11-9-16(23)10-12-17/h5-13H,3-4H2,1-2H3/t13-/m0/s1. The van der Waals surface area contributed by atoms with Crippen LogP contribution in [0.1, 0.15) is 37.2 Å². The van der Waals surface area contributed by atoms with Crippen LogP contribution in [0.5, 0.6) is 0 Å². The molecule has 2 heterocycles.